The Balaban J connectivity index is 2.31. The summed E-state index contributed by atoms with van der Waals surface area (Å²) in [6, 6.07) is 7.78. The van der Waals surface area contributed by atoms with E-state index in [1.807, 2.05) is 38.1 Å². The first kappa shape index (κ1) is 17.5. The Morgan fingerprint density at radius 2 is 1.81 bits per heavy atom. The number of amides is 2. The minimum absolute atomic E-state index is 0.122. The van der Waals surface area contributed by atoms with Crippen molar-refractivity contribution in [1.82, 2.24) is 5.32 Å². The molecule has 0 aliphatic carbocycles. The van der Waals surface area contributed by atoms with Gasteiger partial charge in [-0.1, -0.05) is 32.9 Å². The fourth-order valence-electron chi connectivity index (χ4n) is 1.82. The average molecular weight is 292 g/mol. The number of ether oxygens (including phenoxy) is 1. The monoisotopic (exact) mass is 292 g/mol. The molecule has 0 heterocycles. The second kappa shape index (κ2) is 8.03. The largest absolute Gasteiger partial charge is 0.379 e. The van der Waals surface area contributed by atoms with Crippen LogP contribution in [-0.4, -0.2) is 25.3 Å². The number of nitrogens with one attached hydrogen (secondary N) is 2. The molecule has 1 aromatic carbocycles. The molecule has 1 aromatic rings. The van der Waals surface area contributed by atoms with Crippen LogP contribution in [0.5, 0.6) is 0 Å². The summed E-state index contributed by atoms with van der Waals surface area (Å²) in [5, 5.41) is 5.65. The van der Waals surface area contributed by atoms with Gasteiger partial charge in [0.1, 0.15) is 0 Å². The Bertz CT molecular complexity index is 433. The number of benzene rings is 1. The van der Waals surface area contributed by atoms with E-state index in [4.69, 9.17) is 4.74 Å². The van der Waals surface area contributed by atoms with Gasteiger partial charge in [0, 0.05) is 18.8 Å². The van der Waals surface area contributed by atoms with Crippen LogP contribution in [0.1, 0.15) is 46.6 Å². The van der Waals surface area contributed by atoms with Gasteiger partial charge in [0.15, 0.2) is 0 Å². The molecular formula is C17H28N2O2. The van der Waals surface area contributed by atoms with E-state index in [9.17, 15) is 4.79 Å². The van der Waals surface area contributed by atoms with Crippen molar-refractivity contribution in [2.24, 2.45) is 0 Å². The Labute approximate surface area is 128 Å². The van der Waals surface area contributed by atoms with Crippen LogP contribution in [0.3, 0.4) is 0 Å². The number of hydrogen-bond donors (Lipinski definition) is 2. The second-order valence-electron chi connectivity index (χ2n) is 6.48. The van der Waals surface area contributed by atoms with E-state index in [0.29, 0.717) is 13.2 Å². The average Bonchev–Trinajstić information content (AvgIpc) is 2.37. The first-order chi connectivity index (χ1) is 9.79. The molecule has 0 bridgehead atoms. The third-order valence-electron chi connectivity index (χ3n) is 3.07. The molecule has 0 aromatic heterocycles. The highest BCUT2D eigenvalue weighted by Gasteiger charge is 2.13. The van der Waals surface area contributed by atoms with Crippen LogP contribution in [0.2, 0.25) is 0 Å². The number of urea groups is 1. The summed E-state index contributed by atoms with van der Waals surface area (Å²) in [7, 11) is 0. The van der Waals surface area contributed by atoms with Gasteiger partial charge in [-0.2, -0.15) is 0 Å². The van der Waals surface area contributed by atoms with Crippen LogP contribution in [0.4, 0.5) is 10.5 Å². The lowest BCUT2D eigenvalue weighted by Gasteiger charge is -2.19. The van der Waals surface area contributed by atoms with Crippen molar-refractivity contribution in [2.45, 2.75) is 52.6 Å². The summed E-state index contributed by atoms with van der Waals surface area (Å²) in [6.07, 6.45) is 1.05. The van der Waals surface area contributed by atoms with Gasteiger partial charge < -0.3 is 15.4 Å². The van der Waals surface area contributed by atoms with E-state index >= 15 is 0 Å². The molecule has 2 N–H and O–H groups in total. The fourth-order valence-corrected chi connectivity index (χ4v) is 1.82. The van der Waals surface area contributed by atoms with Crippen molar-refractivity contribution in [3.63, 3.8) is 0 Å². The summed E-state index contributed by atoms with van der Waals surface area (Å²) >= 11 is 0. The molecule has 1 rings (SSSR count). The van der Waals surface area contributed by atoms with Crippen LogP contribution >= 0.6 is 0 Å². The molecule has 0 fully saturated rings. The maximum Gasteiger partial charge on any atom is 0.319 e. The number of carbonyl (C=O) groups excluding carboxylic acids is 1. The molecular weight excluding hydrogens is 264 g/mol. The Hall–Kier alpha value is -1.55. The van der Waals surface area contributed by atoms with Gasteiger partial charge in [-0.15, -0.1) is 0 Å². The summed E-state index contributed by atoms with van der Waals surface area (Å²) in [5.74, 6) is 0. The van der Waals surface area contributed by atoms with Crippen molar-refractivity contribution >= 4 is 11.7 Å². The number of hydrogen-bond acceptors (Lipinski definition) is 2. The second-order valence-corrected chi connectivity index (χ2v) is 6.48. The van der Waals surface area contributed by atoms with E-state index in [1.54, 1.807) is 0 Å². The van der Waals surface area contributed by atoms with E-state index in [-0.39, 0.29) is 17.6 Å². The Kier molecular flexibility index (Phi) is 6.69. The molecule has 0 aliphatic rings. The third kappa shape index (κ3) is 7.14. The highest BCUT2D eigenvalue weighted by Crippen LogP contribution is 2.23. The lowest BCUT2D eigenvalue weighted by molar-refractivity contribution is 0.0775. The van der Waals surface area contributed by atoms with Crippen molar-refractivity contribution < 1.29 is 9.53 Å². The minimum atomic E-state index is -0.178. The van der Waals surface area contributed by atoms with Crippen molar-refractivity contribution in [2.75, 3.05) is 18.5 Å². The molecule has 0 saturated carbocycles. The first-order valence-electron chi connectivity index (χ1n) is 7.56. The number of carbonyl (C=O) groups is 1. The zero-order valence-electron chi connectivity index (χ0n) is 13.8. The van der Waals surface area contributed by atoms with E-state index in [1.165, 1.54) is 5.56 Å². The maximum atomic E-state index is 11.7. The predicted molar refractivity (Wildman–Crippen MR) is 87.9 cm³/mol. The highest BCUT2D eigenvalue weighted by molar-refractivity contribution is 5.89. The quantitative estimate of drug-likeness (QED) is 0.781. The van der Waals surface area contributed by atoms with Gasteiger partial charge in [-0.05, 0) is 43.4 Å². The molecule has 0 aliphatic heterocycles. The topological polar surface area (TPSA) is 50.4 Å². The molecule has 118 valence electrons. The molecule has 0 atom stereocenters. The number of anilines is 1. The predicted octanol–water partition coefficient (Wildman–Crippen LogP) is 3.92. The van der Waals surface area contributed by atoms with Crippen LogP contribution in [0.25, 0.3) is 0 Å². The standard InChI is InChI=1S/C17H28N2O2/c1-13(2)21-12-6-11-18-16(20)19-15-9-7-14(8-10-15)17(3,4)5/h7-10,13H,6,11-12H2,1-5H3,(H2,18,19,20). The van der Waals surface area contributed by atoms with E-state index < -0.39 is 0 Å². The van der Waals surface area contributed by atoms with Crippen molar-refractivity contribution in [3.05, 3.63) is 29.8 Å². The SMILES string of the molecule is CC(C)OCCCNC(=O)Nc1ccc(C(C)(C)C)cc1. The smallest absolute Gasteiger partial charge is 0.319 e. The van der Waals surface area contributed by atoms with Gasteiger partial charge in [0.2, 0.25) is 0 Å². The molecule has 2 amide bonds. The van der Waals surface area contributed by atoms with Crippen LogP contribution in [0.15, 0.2) is 24.3 Å². The van der Waals surface area contributed by atoms with E-state index in [2.05, 4.69) is 31.4 Å². The van der Waals surface area contributed by atoms with Gasteiger partial charge in [0.25, 0.3) is 0 Å². The minimum Gasteiger partial charge on any atom is -0.379 e. The normalized spacial score (nSPS) is 11.5. The zero-order chi connectivity index (χ0) is 15.9. The summed E-state index contributed by atoms with van der Waals surface area (Å²) in [5.41, 5.74) is 2.18. The van der Waals surface area contributed by atoms with Crippen LogP contribution in [-0.2, 0) is 10.2 Å². The van der Waals surface area contributed by atoms with Crippen LogP contribution < -0.4 is 10.6 Å². The molecule has 4 heteroatoms. The molecule has 0 saturated heterocycles. The third-order valence-corrected chi connectivity index (χ3v) is 3.07. The number of rotatable bonds is 6. The molecule has 0 radical (unpaired) electrons. The lowest BCUT2D eigenvalue weighted by atomic mass is 9.87. The van der Waals surface area contributed by atoms with Crippen molar-refractivity contribution in [1.29, 1.82) is 0 Å². The van der Waals surface area contributed by atoms with Gasteiger partial charge in [-0.3, -0.25) is 0 Å². The zero-order valence-corrected chi connectivity index (χ0v) is 13.8. The maximum absolute atomic E-state index is 11.7. The highest BCUT2D eigenvalue weighted by atomic mass is 16.5. The summed E-state index contributed by atoms with van der Waals surface area (Å²) < 4.78 is 5.42. The molecule has 0 spiro atoms. The molecule has 4 nitrogen and oxygen atoms in total. The van der Waals surface area contributed by atoms with Gasteiger partial charge in [-0.25, -0.2) is 4.79 Å². The summed E-state index contributed by atoms with van der Waals surface area (Å²) in [4.78, 5) is 11.7. The van der Waals surface area contributed by atoms with Crippen LogP contribution in [0, 0.1) is 0 Å². The molecule has 0 unspecified atom stereocenters. The van der Waals surface area contributed by atoms with Gasteiger partial charge in [0.05, 0.1) is 6.10 Å². The van der Waals surface area contributed by atoms with Crippen molar-refractivity contribution in [3.8, 4) is 0 Å². The van der Waals surface area contributed by atoms with Gasteiger partial charge >= 0.3 is 6.03 Å². The first-order valence-corrected chi connectivity index (χ1v) is 7.56. The van der Waals surface area contributed by atoms with E-state index in [0.717, 1.165) is 12.1 Å². The fraction of sp³-hybridized carbons (Fsp3) is 0.588. The Morgan fingerprint density at radius 3 is 2.33 bits per heavy atom. The summed E-state index contributed by atoms with van der Waals surface area (Å²) in [6.45, 7) is 11.8. The molecule has 21 heavy (non-hydrogen) atoms. The Morgan fingerprint density at radius 1 is 1.19 bits per heavy atom. The lowest BCUT2D eigenvalue weighted by Crippen LogP contribution is -2.30.